The van der Waals surface area contributed by atoms with E-state index in [4.69, 9.17) is 10.2 Å². The average molecular weight is 478 g/mol. The van der Waals surface area contributed by atoms with Crippen molar-refractivity contribution in [3.63, 3.8) is 0 Å². The van der Waals surface area contributed by atoms with Crippen LogP contribution in [-0.2, 0) is 0 Å². The van der Waals surface area contributed by atoms with Gasteiger partial charge in [-0.15, -0.1) is 0 Å². The first-order valence-electron chi connectivity index (χ1n) is 9.41. The minimum absolute atomic E-state index is 0. The summed E-state index contributed by atoms with van der Waals surface area (Å²) in [4.78, 5) is 20.9. The molecule has 0 saturated carbocycles. The van der Waals surface area contributed by atoms with Crippen molar-refractivity contribution in [2.45, 2.75) is 25.9 Å². The summed E-state index contributed by atoms with van der Waals surface area (Å²) in [5.41, 5.74) is 1.97. The van der Waals surface area contributed by atoms with Gasteiger partial charge in [-0.2, -0.15) is 27.0 Å². The van der Waals surface area contributed by atoms with Gasteiger partial charge < -0.3 is 15.5 Å². The number of benzene rings is 3. The highest BCUT2D eigenvalue weighted by molar-refractivity contribution is 7.59. The molecule has 3 aromatic carbocycles. The van der Waals surface area contributed by atoms with Gasteiger partial charge in [0.2, 0.25) is 0 Å². The Bertz CT molecular complexity index is 952. The Morgan fingerprint density at radius 2 is 1.06 bits per heavy atom. The van der Waals surface area contributed by atoms with Gasteiger partial charge in [0.25, 0.3) is 0 Å². The third-order valence-electron chi connectivity index (χ3n) is 4.56. The summed E-state index contributed by atoms with van der Waals surface area (Å²) in [6.07, 6.45) is 0. The van der Waals surface area contributed by atoms with Gasteiger partial charge in [-0.1, -0.05) is 54.6 Å². The predicted molar refractivity (Wildman–Crippen MR) is 134 cm³/mol. The monoisotopic (exact) mass is 477 g/mol. The van der Waals surface area contributed by atoms with Crippen LogP contribution in [0.15, 0.2) is 78.9 Å². The van der Waals surface area contributed by atoms with Gasteiger partial charge in [-0.25, -0.2) is 14.0 Å². The van der Waals surface area contributed by atoms with Crippen molar-refractivity contribution in [2.24, 2.45) is 0 Å². The fraction of sp³-hybridized carbons (Fsp3) is 0.167. The minimum Gasteiger partial charge on any atom is -0.478 e. The Hall–Kier alpha value is -2.81. The number of hydrogen-bond donors (Lipinski definition) is 3. The normalized spacial score (nSPS) is 11.5. The zero-order valence-corrected chi connectivity index (χ0v) is 19.7. The molecule has 0 saturated heterocycles. The van der Waals surface area contributed by atoms with E-state index in [1.165, 1.54) is 42.0 Å². The smallest absolute Gasteiger partial charge is 0.336 e. The molecule has 0 aliphatic heterocycles. The molecule has 3 rings (SSSR count). The van der Waals surface area contributed by atoms with Crippen LogP contribution in [0.5, 0.6) is 0 Å². The molecule has 172 valence electrons. The predicted octanol–water partition coefficient (Wildman–Crippen LogP) is 5.55. The molecule has 0 heterocycles. The third-order valence-corrected chi connectivity index (χ3v) is 4.56. The van der Waals surface area contributed by atoms with Gasteiger partial charge in [0.15, 0.2) is 0 Å². The maximum atomic E-state index is 12.9. The van der Waals surface area contributed by atoms with E-state index in [2.05, 4.69) is 31.3 Å². The first-order chi connectivity index (χ1) is 14.3. The maximum absolute atomic E-state index is 12.9. The molecule has 0 fully saturated rings. The third kappa shape index (κ3) is 8.74. The summed E-state index contributed by atoms with van der Waals surface area (Å²) < 4.78 is 12.9. The van der Waals surface area contributed by atoms with Crippen LogP contribution in [0.2, 0.25) is 0 Å². The number of carboxylic acids is 2. The number of rotatable bonds is 6. The lowest BCUT2D eigenvalue weighted by atomic mass is 10.0. The molecule has 0 bridgehead atoms. The van der Waals surface area contributed by atoms with E-state index in [0.717, 1.165) is 5.56 Å². The van der Waals surface area contributed by atoms with Gasteiger partial charge in [-0.3, -0.25) is 0 Å². The molecule has 0 radical (unpaired) electrons. The summed E-state index contributed by atoms with van der Waals surface area (Å²) >= 11 is 0. The molecule has 0 aliphatic carbocycles. The fourth-order valence-electron chi connectivity index (χ4n) is 2.92. The highest BCUT2D eigenvalue weighted by atomic mass is 32.1. The van der Waals surface area contributed by atoms with Crippen LogP contribution in [0.4, 0.5) is 4.39 Å². The molecule has 0 amide bonds. The summed E-state index contributed by atoms with van der Waals surface area (Å²) in [7, 11) is 0. The highest BCUT2D eigenvalue weighted by Crippen LogP contribution is 2.19. The lowest BCUT2D eigenvalue weighted by Crippen LogP contribution is -2.22. The molecular formula is C24H28FNO4S2. The van der Waals surface area contributed by atoms with Crippen molar-refractivity contribution < 1.29 is 24.2 Å². The van der Waals surface area contributed by atoms with Crippen LogP contribution >= 0.6 is 27.0 Å². The van der Waals surface area contributed by atoms with E-state index < -0.39 is 11.9 Å². The van der Waals surface area contributed by atoms with Gasteiger partial charge in [0.05, 0.1) is 11.1 Å². The van der Waals surface area contributed by atoms with E-state index >= 15 is 0 Å². The Kier molecular flexibility index (Phi) is 13.0. The largest absolute Gasteiger partial charge is 0.478 e. The molecule has 32 heavy (non-hydrogen) atoms. The lowest BCUT2D eigenvalue weighted by molar-refractivity contribution is 0.0651. The molecule has 0 aliphatic rings. The topological polar surface area (TPSA) is 86.6 Å². The second-order valence-electron chi connectivity index (χ2n) is 6.73. The van der Waals surface area contributed by atoms with Gasteiger partial charge in [0.1, 0.15) is 5.82 Å². The number of carbonyl (C=O) groups is 2. The average Bonchev–Trinajstić information content (AvgIpc) is 2.75. The zero-order valence-electron chi connectivity index (χ0n) is 17.7. The van der Waals surface area contributed by atoms with Gasteiger partial charge in [-0.05, 0) is 49.2 Å². The van der Waals surface area contributed by atoms with E-state index in [1.807, 2.05) is 30.3 Å². The van der Waals surface area contributed by atoms with Gasteiger partial charge >= 0.3 is 11.9 Å². The highest BCUT2D eigenvalue weighted by Gasteiger charge is 2.13. The van der Waals surface area contributed by atoms with Crippen LogP contribution in [-0.4, -0.2) is 22.2 Å². The fourth-order valence-corrected chi connectivity index (χ4v) is 2.92. The van der Waals surface area contributed by atoms with Gasteiger partial charge in [0, 0.05) is 12.1 Å². The Morgan fingerprint density at radius 1 is 0.688 bits per heavy atom. The molecule has 5 nitrogen and oxygen atoms in total. The van der Waals surface area contributed by atoms with E-state index in [0.29, 0.717) is 0 Å². The Morgan fingerprint density at radius 3 is 1.47 bits per heavy atom. The first kappa shape index (κ1) is 29.2. The molecule has 8 heteroatoms. The van der Waals surface area contributed by atoms with Crippen LogP contribution in [0.3, 0.4) is 0 Å². The van der Waals surface area contributed by atoms with E-state index in [9.17, 15) is 14.0 Å². The lowest BCUT2D eigenvalue weighted by Gasteiger charge is -2.20. The SMILES string of the molecule is C[C@H](N[C@@H](C)c1ccc(F)cc1)c1ccccc1.O=C(O)c1ccccc1C(=O)O.S.S. The number of halogens is 1. The summed E-state index contributed by atoms with van der Waals surface area (Å²) in [5, 5.41) is 20.6. The number of aromatic carboxylic acids is 2. The second kappa shape index (κ2) is 14.3. The van der Waals surface area contributed by atoms with Crippen molar-refractivity contribution in [2.75, 3.05) is 0 Å². The molecule has 0 spiro atoms. The van der Waals surface area contributed by atoms with Crippen LogP contribution in [0.1, 0.15) is 57.8 Å². The first-order valence-corrected chi connectivity index (χ1v) is 9.41. The summed E-state index contributed by atoms with van der Waals surface area (Å²) in [6.45, 7) is 4.22. The molecule has 3 aromatic rings. The second-order valence-corrected chi connectivity index (χ2v) is 6.73. The standard InChI is InChI=1S/C16H18FN.C8H6O4.2H2S/c1-12(14-6-4-3-5-7-14)18-13(2)15-8-10-16(17)11-9-15;9-7(10)5-3-1-2-4-6(5)8(11)12;;/h3-13,18H,1-2H3;1-4H,(H,9,10)(H,11,12);2*1H2/t12-,13-;;;/m0.../s1. The molecule has 2 atom stereocenters. The minimum atomic E-state index is -1.23. The van der Waals surface area contributed by atoms with Crippen LogP contribution < -0.4 is 5.32 Å². The van der Waals surface area contributed by atoms with Crippen LogP contribution in [0.25, 0.3) is 0 Å². The quantitative estimate of drug-likeness (QED) is 0.434. The van der Waals surface area contributed by atoms with Crippen molar-refractivity contribution >= 4 is 38.9 Å². The zero-order chi connectivity index (χ0) is 22.1. The van der Waals surface area contributed by atoms with Crippen molar-refractivity contribution in [1.82, 2.24) is 5.32 Å². The van der Waals surface area contributed by atoms with Crippen LogP contribution in [0, 0.1) is 5.82 Å². The Labute approximate surface area is 201 Å². The number of carboxylic acid groups (broad SMARTS) is 2. The maximum Gasteiger partial charge on any atom is 0.336 e. The van der Waals surface area contributed by atoms with E-state index in [1.54, 1.807) is 0 Å². The molecule has 3 N–H and O–H groups in total. The Balaban J connectivity index is 0.000000607. The molecule has 0 aromatic heterocycles. The van der Waals surface area contributed by atoms with Crippen molar-refractivity contribution in [3.8, 4) is 0 Å². The van der Waals surface area contributed by atoms with Crippen molar-refractivity contribution in [3.05, 3.63) is 107 Å². The number of nitrogens with one attached hydrogen (secondary N) is 1. The number of hydrogen-bond acceptors (Lipinski definition) is 3. The molecule has 0 unspecified atom stereocenters. The summed E-state index contributed by atoms with van der Waals surface area (Å²) in [5.74, 6) is -2.65. The summed E-state index contributed by atoms with van der Waals surface area (Å²) in [6, 6.07) is 22.9. The van der Waals surface area contributed by atoms with E-state index in [-0.39, 0.29) is 56.0 Å². The van der Waals surface area contributed by atoms with Crippen molar-refractivity contribution in [1.29, 1.82) is 0 Å². The molecular weight excluding hydrogens is 449 g/mol.